The molecule has 4 heteroatoms. The molecule has 2 aromatic heterocycles. The van der Waals surface area contributed by atoms with Gasteiger partial charge in [-0.2, -0.15) is 0 Å². The highest BCUT2D eigenvalue weighted by Gasteiger charge is 2.24. The number of fused-ring (bicyclic) bond motifs is 6. The molecule has 2 heterocycles. The minimum Gasteiger partial charge on any atom is -0.310 e. The summed E-state index contributed by atoms with van der Waals surface area (Å²) in [7, 11) is 0. The first-order valence-corrected chi connectivity index (χ1v) is 18.1. The van der Waals surface area contributed by atoms with Gasteiger partial charge in [0.05, 0.1) is 16.6 Å². The normalized spacial score (nSPS) is 14.0. The van der Waals surface area contributed by atoms with Gasteiger partial charge in [-0.15, -0.1) is 0 Å². The molecule has 0 fully saturated rings. The van der Waals surface area contributed by atoms with E-state index in [0.29, 0.717) is 5.92 Å². The first-order chi connectivity index (χ1) is 26.0. The number of hydrogen-bond acceptors (Lipinski definition) is 0. The zero-order valence-corrected chi connectivity index (χ0v) is 29.1. The van der Waals surface area contributed by atoms with Crippen molar-refractivity contribution < 1.29 is 8.78 Å². The molecule has 0 aliphatic heterocycles. The smallest absolute Gasteiger partial charge is 0.123 e. The quantitative estimate of drug-likeness (QED) is 0.170. The van der Waals surface area contributed by atoms with Crippen LogP contribution in [0.2, 0.25) is 0 Å². The van der Waals surface area contributed by atoms with Crippen molar-refractivity contribution in [1.82, 2.24) is 9.13 Å². The van der Waals surface area contributed by atoms with Gasteiger partial charge in [0.2, 0.25) is 0 Å². The highest BCUT2D eigenvalue weighted by atomic mass is 19.1. The molecule has 0 N–H and O–H groups in total. The second-order valence-corrected chi connectivity index (χ2v) is 14.1. The molecule has 10 rings (SSSR count). The molecule has 1 unspecified atom stereocenters. The summed E-state index contributed by atoms with van der Waals surface area (Å²) < 4.78 is 32.7. The molecule has 254 valence electrons. The summed E-state index contributed by atoms with van der Waals surface area (Å²) in [5, 5.41) is 3.69. The van der Waals surface area contributed by atoms with Gasteiger partial charge in [0.1, 0.15) is 11.6 Å². The Labute approximate surface area is 306 Å². The van der Waals surface area contributed by atoms with Crippen LogP contribution in [0.25, 0.3) is 83.5 Å². The molecule has 1 aliphatic carbocycles. The third-order valence-electron chi connectivity index (χ3n) is 10.9. The topological polar surface area (TPSA) is 9.86 Å². The first kappa shape index (κ1) is 31.2. The van der Waals surface area contributed by atoms with Crippen molar-refractivity contribution in [3.63, 3.8) is 0 Å². The van der Waals surface area contributed by atoms with Crippen LogP contribution in [0.15, 0.2) is 164 Å². The molecule has 53 heavy (non-hydrogen) atoms. The molecule has 0 saturated heterocycles. The Morgan fingerprint density at radius 1 is 0.453 bits per heavy atom. The van der Waals surface area contributed by atoms with Gasteiger partial charge >= 0.3 is 0 Å². The number of rotatable bonds is 5. The van der Waals surface area contributed by atoms with E-state index >= 15 is 0 Å². The zero-order valence-electron chi connectivity index (χ0n) is 29.1. The summed E-state index contributed by atoms with van der Waals surface area (Å²) >= 11 is 0. The highest BCUT2D eigenvalue weighted by molar-refractivity contribution is 6.10. The van der Waals surface area contributed by atoms with Crippen LogP contribution in [-0.4, -0.2) is 9.13 Å². The lowest BCUT2D eigenvalue weighted by Crippen LogP contribution is -2.03. The summed E-state index contributed by atoms with van der Waals surface area (Å²) in [6.07, 6.45) is 5.49. The molecule has 0 saturated carbocycles. The number of halogens is 2. The van der Waals surface area contributed by atoms with Gasteiger partial charge < -0.3 is 9.13 Å². The number of hydrogen-bond donors (Lipinski definition) is 0. The largest absolute Gasteiger partial charge is 0.310 e. The van der Waals surface area contributed by atoms with E-state index in [1.807, 2.05) is 24.3 Å². The fourth-order valence-electron chi connectivity index (χ4n) is 8.34. The van der Waals surface area contributed by atoms with Crippen LogP contribution in [-0.2, 0) is 0 Å². The van der Waals surface area contributed by atoms with Crippen molar-refractivity contribution in [2.24, 2.45) is 0 Å². The van der Waals surface area contributed by atoms with Gasteiger partial charge in [0.25, 0.3) is 0 Å². The molecular formula is C49H34F2N2. The van der Waals surface area contributed by atoms with Gasteiger partial charge in [-0.05, 0) is 142 Å². The highest BCUT2D eigenvalue weighted by Crippen LogP contribution is 2.43. The molecule has 1 aliphatic rings. The van der Waals surface area contributed by atoms with E-state index in [0.717, 1.165) is 45.6 Å². The number of aromatic nitrogens is 2. The standard InChI is InChI=1S/C49H34F2N2/c1-31-8-7-13-48-49(31)44-30-35(34-18-24-46-43(29-34)42-11-5-6-12-45(42)52(46)40-9-3-2-4-10-40)19-25-47(44)53(48)41-27-36(32-14-20-38(50)21-15-32)26-37(28-41)33-16-22-39(51)23-17-33/h2-7,9-31H,8H2,1H3. The Hall–Kier alpha value is -6.52. The van der Waals surface area contributed by atoms with Crippen LogP contribution < -0.4 is 0 Å². The summed E-state index contributed by atoms with van der Waals surface area (Å²) in [4.78, 5) is 0. The minimum atomic E-state index is -0.273. The maximum absolute atomic E-state index is 14.0. The van der Waals surface area contributed by atoms with E-state index in [9.17, 15) is 8.78 Å². The van der Waals surface area contributed by atoms with E-state index < -0.39 is 0 Å². The lowest BCUT2D eigenvalue weighted by atomic mass is 9.89. The van der Waals surface area contributed by atoms with E-state index in [-0.39, 0.29) is 11.6 Å². The maximum atomic E-state index is 14.0. The average Bonchev–Trinajstić information content (AvgIpc) is 3.71. The van der Waals surface area contributed by atoms with Crippen molar-refractivity contribution in [2.45, 2.75) is 19.3 Å². The van der Waals surface area contributed by atoms with Gasteiger partial charge in [-0.25, -0.2) is 8.78 Å². The van der Waals surface area contributed by atoms with Crippen molar-refractivity contribution in [3.8, 4) is 44.8 Å². The van der Waals surface area contributed by atoms with Crippen LogP contribution in [0.5, 0.6) is 0 Å². The van der Waals surface area contributed by atoms with Crippen LogP contribution in [0.4, 0.5) is 8.78 Å². The number of nitrogens with zero attached hydrogens (tertiary/aromatic N) is 2. The maximum Gasteiger partial charge on any atom is 0.123 e. The molecule has 1 atom stereocenters. The summed E-state index contributed by atoms with van der Waals surface area (Å²) in [5.41, 5.74) is 14.2. The van der Waals surface area contributed by atoms with E-state index in [4.69, 9.17) is 0 Å². The zero-order chi connectivity index (χ0) is 35.6. The van der Waals surface area contributed by atoms with Crippen LogP contribution >= 0.6 is 0 Å². The SMILES string of the molecule is CC1CC=Cc2c1c1cc(-c3ccc4c(c3)c3ccccc3n4-c3ccccc3)ccc1n2-c1cc(-c2ccc(F)cc2)cc(-c2ccc(F)cc2)c1. The summed E-state index contributed by atoms with van der Waals surface area (Å²) in [6, 6.07) is 52.6. The Bertz CT molecular complexity index is 2810. The molecule has 0 bridgehead atoms. The molecule has 9 aromatic rings. The molecule has 7 aromatic carbocycles. The third-order valence-corrected chi connectivity index (χ3v) is 10.9. The predicted octanol–water partition coefficient (Wildman–Crippen LogP) is 13.5. The van der Waals surface area contributed by atoms with E-state index in [1.54, 1.807) is 0 Å². The lowest BCUT2D eigenvalue weighted by molar-refractivity contribution is 0.627. The number of para-hydroxylation sites is 2. The van der Waals surface area contributed by atoms with E-state index in [2.05, 4.69) is 137 Å². The van der Waals surface area contributed by atoms with Crippen molar-refractivity contribution in [3.05, 3.63) is 187 Å². The Morgan fingerprint density at radius 3 is 1.66 bits per heavy atom. The third kappa shape index (κ3) is 5.21. The minimum absolute atomic E-state index is 0.273. The second kappa shape index (κ2) is 12.3. The monoisotopic (exact) mass is 688 g/mol. The number of allylic oxidation sites excluding steroid dienone is 1. The van der Waals surface area contributed by atoms with Crippen LogP contribution in [0, 0.1) is 11.6 Å². The second-order valence-electron chi connectivity index (χ2n) is 14.1. The van der Waals surface area contributed by atoms with Crippen molar-refractivity contribution in [2.75, 3.05) is 0 Å². The first-order valence-electron chi connectivity index (χ1n) is 18.1. The molecule has 0 amide bonds. The lowest BCUT2D eigenvalue weighted by Gasteiger charge is -2.18. The van der Waals surface area contributed by atoms with Crippen LogP contribution in [0.1, 0.15) is 30.5 Å². The average molecular weight is 689 g/mol. The fraction of sp³-hybridized carbons (Fsp3) is 0.0612. The molecule has 0 spiro atoms. The van der Waals surface area contributed by atoms with Crippen LogP contribution in [0.3, 0.4) is 0 Å². The van der Waals surface area contributed by atoms with Crippen molar-refractivity contribution in [1.29, 1.82) is 0 Å². The van der Waals surface area contributed by atoms with Gasteiger partial charge in [-0.1, -0.05) is 85.8 Å². The predicted molar refractivity (Wildman–Crippen MR) is 216 cm³/mol. The Kier molecular flexibility index (Phi) is 7.26. The van der Waals surface area contributed by atoms with E-state index in [1.165, 1.54) is 73.8 Å². The Balaban J connectivity index is 1.17. The van der Waals surface area contributed by atoms with Gasteiger partial charge in [0, 0.05) is 33.2 Å². The van der Waals surface area contributed by atoms with Crippen molar-refractivity contribution >= 4 is 38.8 Å². The van der Waals surface area contributed by atoms with Gasteiger partial charge in [0.15, 0.2) is 0 Å². The van der Waals surface area contributed by atoms with Gasteiger partial charge in [-0.3, -0.25) is 0 Å². The molecular weight excluding hydrogens is 655 g/mol. The summed E-state index contributed by atoms with van der Waals surface area (Å²) in [5.74, 6) is -0.215. The molecule has 0 radical (unpaired) electrons. The Morgan fingerprint density at radius 2 is 1.00 bits per heavy atom. The fourth-order valence-corrected chi connectivity index (χ4v) is 8.34. The summed E-state index contributed by atoms with van der Waals surface area (Å²) in [6.45, 7) is 2.31. The molecule has 2 nitrogen and oxygen atoms in total. The number of benzene rings is 7.